The van der Waals surface area contributed by atoms with Crippen LogP contribution in [0.15, 0.2) is 41.6 Å². The van der Waals surface area contributed by atoms with Gasteiger partial charge < -0.3 is 5.73 Å². The number of anilines is 1. The van der Waals surface area contributed by atoms with Crippen LogP contribution in [0.1, 0.15) is 5.56 Å². The van der Waals surface area contributed by atoms with E-state index in [1.54, 1.807) is 18.3 Å². The maximum atomic E-state index is 13.5. The summed E-state index contributed by atoms with van der Waals surface area (Å²) in [6, 6.07) is 5.28. The van der Waals surface area contributed by atoms with E-state index in [9.17, 15) is 13.0 Å². The van der Waals surface area contributed by atoms with Crippen molar-refractivity contribution < 1.29 is 13.0 Å². The number of hydrogen-bond donors (Lipinski definition) is 1. The van der Waals surface area contributed by atoms with Gasteiger partial charge >= 0.3 is 0 Å². The van der Waals surface area contributed by atoms with Crippen LogP contribution < -0.4 is 5.73 Å². The molecule has 2 aromatic rings. The monoisotopic (exact) mass is 268 g/mol. The number of nitrogen functional groups attached to an aromatic ring is 1. The maximum absolute atomic E-state index is 13.5. The molecular formula is C12H10F2N2OS. The highest BCUT2D eigenvalue weighted by Crippen LogP contribution is 2.22. The van der Waals surface area contributed by atoms with Crippen LogP contribution in [-0.2, 0) is 16.6 Å². The SMILES string of the molecule is Nc1cc(F)c(S(=O)Cc2cccnc2)c(F)c1. The molecule has 2 N–H and O–H groups in total. The first-order valence-electron chi connectivity index (χ1n) is 5.09. The van der Waals surface area contributed by atoms with Gasteiger partial charge in [0.1, 0.15) is 16.5 Å². The molecule has 0 spiro atoms. The van der Waals surface area contributed by atoms with Gasteiger partial charge in [-0.25, -0.2) is 8.78 Å². The lowest BCUT2D eigenvalue weighted by Gasteiger charge is -2.06. The third kappa shape index (κ3) is 2.70. The average Bonchev–Trinajstić information content (AvgIpc) is 2.28. The van der Waals surface area contributed by atoms with Crippen LogP contribution in [0.25, 0.3) is 0 Å². The summed E-state index contributed by atoms with van der Waals surface area (Å²) >= 11 is 0. The third-order valence-electron chi connectivity index (χ3n) is 2.27. The first-order chi connectivity index (χ1) is 8.58. The van der Waals surface area contributed by atoms with Gasteiger partial charge in [0.15, 0.2) is 0 Å². The van der Waals surface area contributed by atoms with Crippen LogP contribution >= 0.6 is 0 Å². The van der Waals surface area contributed by atoms with Gasteiger partial charge in [0.05, 0.1) is 16.6 Å². The maximum Gasteiger partial charge on any atom is 0.144 e. The van der Waals surface area contributed by atoms with Crippen LogP contribution in [-0.4, -0.2) is 9.19 Å². The highest BCUT2D eigenvalue weighted by molar-refractivity contribution is 7.84. The van der Waals surface area contributed by atoms with Crippen molar-refractivity contribution in [1.82, 2.24) is 4.98 Å². The van der Waals surface area contributed by atoms with Gasteiger partial charge in [0.25, 0.3) is 0 Å². The molecule has 0 saturated heterocycles. The van der Waals surface area contributed by atoms with Gasteiger partial charge in [-0.05, 0) is 23.8 Å². The van der Waals surface area contributed by atoms with Crippen molar-refractivity contribution in [3.8, 4) is 0 Å². The fourth-order valence-corrected chi connectivity index (χ4v) is 2.67. The lowest BCUT2D eigenvalue weighted by atomic mass is 10.3. The molecule has 0 bridgehead atoms. The van der Waals surface area contributed by atoms with Gasteiger partial charge in [-0.3, -0.25) is 9.19 Å². The molecule has 1 aromatic carbocycles. The number of nitrogens with two attached hydrogens (primary N) is 1. The largest absolute Gasteiger partial charge is 0.399 e. The molecule has 1 heterocycles. The van der Waals surface area contributed by atoms with E-state index in [0.29, 0.717) is 5.56 Å². The van der Waals surface area contributed by atoms with Crippen molar-refractivity contribution >= 4 is 16.5 Å². The summed E-state index contributed by atoms with van der Waals surface area (Å²) in [5.41, 5.74) is 5.90. The Morgan fingerprint density at radius 3 is 2.50 bits per heavy atom. The molecular weight excluding hydrogens is 258 g/mol. The van der Waals surface area contributed by atoms with E-state index in [1.807, 2.05) is 0 Å². The molecule has 0 aliphatic rings. The van der Waals surface area contributed by atoms with Crippen molar-refractivity contribution in [2.24, 2.45) is 0 Å². The quantitative estimate of drug-likeness (QED) is 0.869. The molecule has 6 heteroatoms. The zero-order valence-electron chi connectivity index (χ0n) is 9.27. The summed E-state index contributed by atoms with van der Waals surface area (Å²) in [7, 11) is -1.81. The van der Waals surface area contributed by atoms with Crippen molar-refractivity contribution in [1.29, 1.82) is 0 Å². The second kappa shape index (κ2) is 5.22. The Labute approximate surface area is 105 Å². The zero-order valence-corrected chi connectivity index (χ0v) is 10.1. The summed E-state index contributed by atoms with van der Waals surface area (Å²) in [5.74, 6) is -1.78. The molecule has 0 amide bonds. The normalized spacial score (nSPS) is 12.3. The Morgan fingerprint density at radius 1 is 1.28 bits per heavy atom. The number of hydrogen-bond acceptors (Lipinski definition) is 3. The molecule has 3 nitrogen and oxygen atoms in total. The van der Waals surface area contributed by atoms with E-state index in [4.69, 9.17) is 5.73 Å². The molecule has 0 fully saturated rings. The van der Waals surface area contributed by atoms with Gasteiger partial charge in [-0.1, -0.05) is 6.07 Å². The Balaban J connectivity index is 2.30. The zero-order chi connectivity index (χ0) is 13.1. The van der Waals surface area contributed by atoms with E-state index >= 15 is 0 Å². The molecule has 1 atom stereocenters. The third-order valence-corrected chi connectivity index (χ3v) is 3.71. The minimum Gasteiger partial charge on any atom is -0.399 e. The molecule has 0 aliphatic carbocycles. The van der Waals surface area contributed by atoms with Crippen molar-refractivity contribution in [2.45, 2.75) is 10.6 Å². The van der Waals surface area contributed by atoms with Crippen LogP contribution in [0.5, 0.6) is 0 Å². The minimum atomic E-state index is -1.81. The summed E-state index contributed by atoms with van der Waals surface area (Å²) < 4.78 is 39.0. The van der Waals surface area contributed by atoms with Crippen molar-refractivity contribution in [3.63, 3.8) is 0 Å². The fraction of sp³-hybridized carbons (Fsp3) is 0.0833. The number of aromatic nitrogens is 1. The highest BCUT2D eigenvalue weighted by Gasteiger charge is 2.17. The highest BCUT2D eigenvalue weighted by atomic mass is 32.2. The molecule has 0 saturated carbocycles. The Bertz CT molecular complexity index is 567. The van der Waals surface area contributed by atoms with Crippen molar-refractivity contribution in [3.05, 3.63) is 53.9 Å². The Hall–Kier alpha value is -1.82. The lowest BCUT2D eigenvalue weighted by molar-refractivity contribution is 0.535. The predicted octanol–water partition coefficient (Wildman–Crippen LogP) is 2.25. The van der Waals surface area contributed by atoms with E-state index in [-0.39, 0.29) is 11.4 Å². The molecule has 0 aliphatic heterocycles. The number of nitrogens with zero attached hydrogens (tertiary/aromatic N) is 1. The fourth-order valence-electron chi connectivity index (χ4n) is 1.50. The number of halogens is 2. The van der Waals surface area contributed by atoms with Gasteiger partial charge in [0, 0.05) is 18.1 Å². The van der Waals surface area contributed by atoms with E-state index in [0.717, 1.165) is 12.1 Å². The summed E-state index contributed by atoms with van der Waals surface area (Å²) in [6.07, 6.45) is 3.07. The molecule has 1 aromatic heterocycles. The molecule has 1 unspecified atom stereocenters. The van der Waals surface area contributed by atoms with Crippen LogP contribution in [0.3, 0.4) is 0 Å². The smallest absolute Gasteiger partial charge is 0.144 e. The number of benzene rings is 1. The van der Waals surface area contributed by atoms with E-state index in [2.05, 4.69) is 4.98 Å². The number of pyridine rings is 1. The first-order valence-corrected chi connectivity index (χ1v) is 6.41. The molecule has 0 radical (unpaired) electrons. The van der Waals surface area contributed by atoms with E-state index < -0.39 is 27.3 Å². The van der Waals surface area contributed by atoms with Crippen molar-refractivity contribution in [2.75, 3.05) is 5.73 Å². The van der Waals surface area contributed by atoms with Gasteiger partial charge in [0.2, 0.25) is 0 Å². The minimum absolute atomic E-state index is 0.00555. The molecule has 94 valence electrons. The topological polar surface area (TPSA) is 56.0 Å². The predicted molar refractivity (Wildman–Crippen MR) is 65.1 cm³/mol. The van der Waals surface area contributed by atoms with E-state index in [1.165, 1.54) is 6.20 Å². The molecule has 2 rings (SSSR count). The van der Waals surface area contributed by atoms with Gasteiger partial charge in [-0.2, -0.15) is 0 Å². The summed E-state index contributed by atoms with van der Waals surface area (Å²) in [6.45, 7) is 0. The second-order valence-corrected chi connectivity index (χ2v) is 5.05. The van der Waals surface area contributed by atoms with Crippen LogP contribution in [0, 0.1) is 11.6 Å². The number of rotatable bonds is 3. The lowest BCUT2D eigenvalue weighted by Crippen LogP contribution is -2.04. The Kier molecular flexibility index (Phi) is 3.66. The molecule has 18 heavy (non-hydrogen) atoms. The standard InChI is InChI=1S/C12H10F2N2OS/c13-10-4-9(15)5-11(14)12(10)18(17)7-8-2-1-3-16-6-8/h1-6H,7,15H2. The van der Waals surface area contributed by atoms with Crippen LogP contribution in [0.4, 0.5) is 14.5 Å². The summed E-state index contributed by atoms with van der Waals surface area (Å²) in [4.78, 5) is 3.40. The summed E-state index contributed by atoms with van der Waals surface area (Å²) in [5, 5.41) is 0. The average molecular weight is 268 g/mol. The first kappa shape index (κ1) is 12.6. The second-order valence-electron chi connectivity index (χ2n) is 3.66. The van der Waals surface area contributed by atoms with Crippen LogP contribution in [0.2, 0.25) is 0 Å². The Morgan fingerprint density at radius 2 is 1.94 bits per heavy atom. The van der Waals surface area contributed by atoms with Gasteiger partial charge in [-0.15, -0.1) is 0 Å².